The molecule has 3 amide bonds. The van der Waals surface area contributed by atoms with Crippen molar-refractivity contribution in [3.8, 4) is 0 Å². The third kappa shape index (κ3) is 4.83. The molecule has 1 atom stereocenters. The second-order valence-electron chi connectivity index (χ2n) is 7.06. The van der Waals surface area contributed by atoms with E-state index in [9.17, 15) is 14.4 Å². The van der Waals surface area contributed by atoms with Gasteiger partial charge in [-0.05, 0) is 31.2 Å². The first-order chi connectivity index (χ1) is 12.6. The lowest BCUT2D eigenvalue weighted by Gasteiger charge is -2.32. The highest BCUT2D eigenvalue weighted by Gasteiger charge is 2.30. The van der Waals surface area contributed by atoms with Crippen molar-refractivity contribution in [1.82, 2.24) is 25.3 Å². The summed E-state index contributed by atoms with van der Waals surface area (Å²) in [6, 6.07) is 0. The van der Waals surface area contributed by atoms with Gasteiger partial charge in [0, 0.05) is 51.8 Å². The van der Waals surface area contributed by atoms with E-state index < -0.39 is 0 Å². The van der Waals surface area contributed by atoms with Crippen molar-refractivity contribution in [1.29, 1.82) is 0 Å². The second-order valence-corrected chi connectivity index (χ2v) is 7.06. The number of carbonyl (C=O) groups is 3. The van der Waals surface area contributed by atoms with E-state index in [0.29, 0.717) is 45.4 Å². The highest BCUT2D eigenvalue weighted by atomic mass is 16.2. The largest absolute Gasteiger partial charge is 0.355 e. The third-order valence-electron chi connectivity index (χ3n) is 5.17. The van der Waals surface area contributed by atoms with E-state index >= 15 is 0 Å². The molecule has 142 valence electrons. The Morgan fingerprint density at radius 1 is 1.23 bits per heavy atom. The summed E-state index contributed by atoms with van der Waals surface area (Å²) >= 11 is 0. The number of likely N-dealkylation sites (tertiary alicyclic amines) is 2. The minimum absolute atomic E-state index is 0.0146. The molecule has 2 aliphatic rings. The highest BCUT2D eigenvalue weighted by molar-refractivity contribution is 5.83. The minimum Gasteiger partial charge on any atom is -0.355 e. The summed E-state index contributed by atoms with van der Waals surface area (Å²) in [6.07, 6.45) is 7.68. The number of aromatic amines is 1. The molecule has 2 aliphatic heterocycles. The van der Waals surface area contributed by atoms with E-state index in [1.54, 1.807) is 11.1 Å². The fourth-order valence-electron chi connectivity index (χ4n) is 3.63. The minimum atomic E-state index is -0.148. The van der Waals surface area contributed by atoms with E-state index in [0.717, 1.165) is 31.4 Å². The molecule has 0 spiro atoms. The van der Waals surface area contributed by atoms with Crippen LogP contribution in [0.25, 0.3) is 0 Å². The summed E-state index contributed by atoms with van der Waals surface area (Å²) in [7, 11) is 0. The van der Waals surface area contributed by atoms with E-state index in [4.69, 9.17) is 0 Å². The zero-order valence-corrected chi connectivity index (χ0v) is 15.1. The maximum atomic E-state index is 12.4. The molecule has 26 heavy (non-hydrogen) atoms. The van der Waals surface area contributed by atoms with Crippen molar-refractivity contribution in [3.05, 3.63) is 18.0 Å². The van der Waals surface area contributed by atoms with Crippen molar-refractivity contribution in [3.63, 3.8) is 0 Å². The Labute approximate surface area is 153 Å². The van der Waals surface area contributed by atoms with Crippen LogP contribution in [0.2, 0.25) is 0 Å². The van der Waals surface area contributed by atoms with Crippen LogP contribution >= 0.6 is 0 Å². The van der Waals surface area contributed by atoms with Gasteiger partial charge < -0.3 is 15.1 Å². The molecule has 3 rings (SSSR count). The van der Waals surface area contributed by atoms with E-state index in [2.05, 4.69) is 15.5 Å². The number of carbonyl (C=O) groups excluding carboxylic acids is 3. The van der Waals surface area contributed by atoms with Crippen LogP contribution in [-0.2, 0) is 20.8 Å². The SMILES string of the molecule is O=C(NCCc1cn[nH]c1)C1CCC(=O)N(CCCN2CCCC2=O)C1. The molecule has 0 aliphatic carbocycles. The first-order valence-electron chi connectivity index (χ1n) is 9.44. The summed E-state index contributed by atoms with van der Waals surface area (Å²) in [5, 5.41) is 9.60. The van der Waals surface area contributed by atoms with Crippen molar-refractivity contribution < 1.29 is 14.4 Å². The van der Waals surface area contributed by atoms with Gasteiger partial charge in [0.1, 0.15) is 0 Å². The van der Waals surface area contributed by atoms with E-state index in [1.807, 2.05) is 11.1 Å². The van der Waals surface area contributed by atoms with E-state index in [-0.39, 0.29) is 23.6 Å². The summed E-state index contributed by atoms with van der Waals surface area (Å²) in [4.78, 5) is 39.8. The Hall–Kier alpha value is -2.38. The van der Waals surface area contributed by atoms with Crippen molar-refractivity contribution >= 4 is 17.7 Å². The zero-order chi connectivity index (χ0) is 18.4. The molecule has 1 aromatic rings. The van der Waals surface area contributed by atoms with Crippen LogP contribution in [0.1, 0.15) is 37.7 Å². The van der Waals surface area contributed by atoms with Crippen molar-refractivity contribution in [2.24, 2.45) is 5.92 Å². The van der Waals surface area contributed by atoms with Crippen LogP contribution in [0.15, 0.2) is 12.4 Å². The third-order valence-corrected chi connectivity index (χ3v) is 5.17. The molecule has 1 unspecified atom stereocenters. The van der Waals surface area contributed by atoms with Crippen LogP contribution < -0.4 is 5.32 Å². The smallest absolute Gasteiger partial charge is 0.224 e. The summed E-state index contributed by atoms with van der Waals surface area (Å²) < 4.78 is 0. The van der Waals surface area contributed by atoms with Crippen LogP contribution in [0.4, 0.5) is 0 Å². The van der Waals surface area contributed by atoms with Gasteiger partial charge in [0.05, 0.1) is 12.1 Å². The number of rotatable bonds is 8. The number of piperidine rings is 1. The fourth-order valence-corrected chi connectivity index (χ4v) is 3.63. The predicted molar refractivity (Wildman–Crippen MR) is 95.0 cm³/mol. The lowest BCUT2D eigenvalue weighted by molar-refractivity contribution is -0.138. The Morgan fingerprint density at radius 3 is 2.77 bits per heavy atom. The molecule has 0 radical (unpaired) electrons. The molecule has 0 aromatic carbocycles. The van der Waals surface area contributed by atoms with Crippen LogP contribution in [-0.4, -0.2) is 70.4 Å². The maximum absolute atomic E-state index is 12.4. The molecule has 3 heterocycles. The molecule has 0 saturated carbocycles. The van der Waals surface area contributed by atoms with Gasteiger partial charge in [-0.15, -0.1) is 0 Å². The van der Waals surface area contributed by atoms with Gasteiger partial charge >= 0.3 is 0 Å². The van der Waals surface area contributed by atoms with Gasteiger partial charge in [0.15, 0.2) is 0 Å². The van der Waals surface area contributed by atoms with Gasteiger partial charge in [-0.25, -0.2) is 0 Å². The maximum Gasteiger partial charge on any atom is 0.224 e. The van der Waals surface area contributed by atoms with E-state index in [1.165, 1.54) is 0 Å². The fraction of sp³-hybridized carbons (Fsp3) is 0.667. The lowest BCUT2D eigenvalue weighted by atomic mass is 9.96. The lowest BCUT2D eigenvalue weighted by Crippen LogP contribution is -2.46. The van der Waals surface area contributed by atoms with Crippen molar-refractivity contribution in [2.45, 2.75) is 38.5 Å². The van der Waals surface area contributed by atoms with Crippen LogP contribution in [0, 0.1) is 5.92 Å². The molecule has 2 N–H and O–H groups in total. The average Bonchev–Trinajstić information content (AvgIpc) is 3.28. The molecule has 8 heteroatoms. The van der Waals surface area contributed by atoms with Gasteiger partial charge in [0.25, 0.3) is 0 Å². The van der Waals surface area contributed by atoms with Gasteiger partial charge in [-0.3, -0.25) is 19.5 Å². The summed E-state index contributed by atoms with van der Waals surface area (Å²) in [6.45, 7) is 3.18. The molecular weight excluding hydrogens is 334 g/mol. The van der Waals surface area contributed by atoms with Crippen molar-refractivity contribution in [2.75, 3.05) is 32.7 Å². The molecule has 1 aromatic heterocycles. The molecule has 0 bridgehead atoms. The number of hydrogen-bond donors (Lipinski definition) is 2. The monoisotopic (exact) mass is 361 g/mol. The van der Waals surface area contributed by atoms with Crippen LogP contribution in [0.5, 0.6) is 0 Å². The standard InChI is InChI=1S/C18H27N5O3/c24-16-3-1-8-22(16)9-2-10-23-13-15(4-5-17(23)25)18(26)19-7-6-14-11-20-21-12-14/h11-12,15H,1-10,13H2,(H,19,26)(H,20,21). The number of amides is 3. The Kier molecular flexibility index (Phi) is 6.25. The number of H-pyrrole nitrogens is 1. The topological polar surface area (TPSA) is 98.4 Å². The second kappa shape index (κ2) is 8.82. The normalized spacial score (nSPS) is 20.7. The molecule has 2 fully saturated rings. The van der Waals surface area contributed by atoms with Gasteiger partial charge in [-0.1, -0.05) is 0 Å². The zero-order valence-electron chi connectivity index (χ0n) is 15.1. The quantitative estimate of drug-likeness (QED) is 0.697. The Morgan fingerprint density at radius 2 is 2.04 bits per heavy atom. The molecule has 8 nitrogen and oxygen atoms in total. The number of aromatic nitrogens is 2. The first kappa shape index (κ1) is 18.4. The Bertz CT molecular complexity index is 631. The molecular formula is C18H27N5O3. The predicted octanol–water partition coefficient (Wildman–Crippen LogP) is 0.319. The van der Waals surface area contributed by atoms with Crippen LogP contribution in [0.3, 0.4) is 0 Å². The number of hydrogen-bond acceptors (Lipinski definition) is 4. The average molecular weight is 361 g/mol. The number of nitrogens with one attached hydrogen (secondary N) is 2. The first-order valence-corrected chi connectivity index (χ1v) is 9.44. The number of nitrogens with zero attached hydrogens (tertiary/aromatic N) is 3. The summed E-state index contributed by atoms with van der Waals surface area (Å²) in [5.74, 6) is 0.191. The molecule has 2 saturated heterocycles. The van der Waals surface area contributed by atoms with Gasteiger partial charge in [0.2, 0.25) is 17.7 Å². The summed E-state index contributed by atoms with van der Waals surface area (Å²) in [5.41, 5.74) is 1.06. The highest BCUT2D eigenvalue weighted by Crippen LogP contribution is 2.18. The van der Waals surface area contributed by atoms with Gasteiger partial charge in [-0.2, -0.15) is 5.10 Å². The Balaban J connectivity index is 1.39.